The Bertz CT molecular complexity index is 496. The van der Waals surface area contributed by atoms with Crippen molar-refractivity contribution in [3.8, 4) is 11.5 Å². The molecule has 0 bridgehead atoms. The second kappa shape index (κ2) is 5.32. The summed E-state index contributed by atoms with van der Waals surface area (Å²) in [5, 5.41) is 12.5. The molecule has 0 saturated heterocycles. The van der Waals surface area contributed by atoms with E-state index in [-0.39, 0.29) is 19.1 Å². The molecule has 1 atom stereocenters. The summed E-state index contributed by atoms with van der Waals surface area (Å²) in [4.78, 5) is 12.3. The molecule has 1 aromatic rings. The summed E-state index contributed by atoms with van der Waals surface area (Å²) in [6, 6.07) is 7.30. The SMILES string of the molecule is O=C(NC1(CO)CCCC1)C1COc2ccccc2O1. The lowest BCUT2D eigenvalue weighted by Gasteiger charge is -2.32. The molecule has 0 spiro atoms. The van der Waals surface area contributed by atoms with E-state index in [0.717, 1.165) is 25.7 Å². The number of nitrogens with one attached hydrogen (secondary N) is 1. The molecule has 1 amide bonds. The van der Waals surface area contributed by atoms with Crippen LogP contribution in [0.25, 0.3) is 0 Å². The quantitative estimate of drug-likeness (QED) is 0.872. The molecule has 1 aliphatic heterocycles. The maximum atomic E-state index is 12.3. The van der Waals surface area contributed by atoms with Gasteiger partial charge in [-0.05, 0) is 25.0 Å². The third-order valence-corrected chi connectivity index (χ3v) is 4.05. The van der Waals surface area contributed by atoms with Gasteiger partial charge in [0.15, 0.2) is 11.5 Å². The van der Waals surface area contributed by atoms with Crippen LogP contribution in [-0.2, 0) is 4.79 Å². The fraction of sp³-hybridized carbons (Fsp3) is 0.533. The topological polar surface area (TPSA) is 67.8 Å². The van der Waals surface area contributed by atoms with Gasteiger partial charge in [0, 0.05) is 0 Å². The number of fused-ring (bicyclic) bond motifs is 1. The molecule has 1 heterocycles. The Morgan fingerprint density at radius 1 is 1.30 bits per heavy atom. The molecule has 1 aromatic carbocycles. The lowest BCUT2D eigenvalue weighted by Crippen LogP contribution is -2.55. The fourth-order valence-electron chi connectivity index (χ4n) is 2.86. The minimum atomic E-state index is -0.658. The van der Waals surface area contributed by atoms with Gasteiger partial charge in [-0.3, -0.25) is 4.79 Å². The van der Waals surface area contributed by atoms with E-state index in [9.17, 15) is 9.90 Å². The number of rotatable bonds is 3. The van der Waals surface area contributed by atoms with Crippen molar-refractivity contribution < 1.29 is 19.4 Å². The van der Waals surface area contributed by atoms with Crippen molar-refractivity contribution in [2.24, 2.45) is 0 Å². The van der Waals surface area contributed by atoms with E-state index in [1.54, 1.807) is 6.07 Å². The van der Waals surface area contributed by atoms with Crippen LogP contribution in [0.1, 0.15) is 25.7 Å². The molecule has 5 nitrogen and oxygen atoms in total. The molecule has 1 unspecified atom stereocenters. The highest BCUT2D eigenvalue weighted by Gasteiger charge is 2.38. The van der Waals surface area contributed by atoms with Gasteiger partial charge in [0.1, 0.15) is 6.61 Å². The number of benzene rings is 1. The maximum Gasteiger partial charge on any atom is 0.265 e. The van der Waals surface area contributed by atoms with Gasteiger partial charge in [0.05, 0.1) is 12.1 Å². The van der Waals surface area contributed by atoms with Gasteiger partial charge in [-0.1, -0.05) is 25.0 Å². The molecule has 2 aliphatic rings. The molecule has 2 N–H and O–H groups in total. The first-order valence-electron chi connectivity index (χ1n) is 7.04. The number of carbonyl (C=O) groups is 1. The molecule has 3 rings (SSSR count). The number of ether oxygens (including phenoxy) is 2. The van der Waals surface area contributed by atoms with Crippen molar-refractivity contribution in [3.63, 3.8) is 0 Å². The van der Waals surface area contributed by atoms with Crippen LogP contribution in [0, 0.1) is 0 Å². The van der Waals surface area contributed by atoms with Crippen LogP contribution < -0.4 is 14.8 Å². The summed E-state index contributed by atoms with van der Waals surface area (Å²) in [7, 11) is 0. The van der Waals surface area contributed by atoms with Gasteiger partial charge in [-0.2, -0.15) is 0 Å². The Balaban J connectivity index is 1.67. The number of aliphatic hydroxyl groups is 1. The first kappa shape index (κ1) is 13.2. The normalized spacial score (nSPS) is 23.4. The standard InChI is InChI=1S/C15H19NO4/c17-10-15(7-3-4-8-15)16-14(18)13-9-19-11-5-1-2-6-12(11)20-13/h1-2,5-6,13,17H,3-4,7-10H2,(H,16,18). The molecule has 108 valence electrons. The number of aliphatic hydroxyl groups excluding tert-OH is 1. The Morgan fingerprint density at radius 2 is 2.00 bits per heavy atom. The van der Waals surface area contributed by atoms with E-state index in [1.165, 1.54) is 0 Å². The van der Waals surface area contributed by atoms with Gasteiger partial charge in [-0.25, -0.2) is 0 Å². The van der Waals surface area contributed by atoms with Gasteiger partial charge in [0.25, 0.3) is 5.91 Å². The lowest BCUT2D eigenvalue weighted by molar-refractivity contribution is -0.133. The van der Waals surface area contributed by atoms with Crippen molar-refractivity contribution in [1.82, 2.24) is 5.32 Å². The van der Waals surface area contributed by atoms with Crippen molar-refractivity contribution in [2.75, 3.05) is 13.2 Å². The summed E-state index contributed by atoms with van der Waals surface area (Å²) < 4.78 is 11.2. The fourth-order valence-corrected chi connectivity index (χ4v) is 2.86. The average molecular weight is 277 g/mol. The second-order valence-electron chi connectivity index (χ2n) is 5.50. The Kier molecular flexibility index (Phi) is 3.53. The zero-order chi connectivity index (χ0) is 14.0. The summed E-state index contributed by atoms with van der Waals surface area (Å²) in [6.07, 6.45) is 3.05. The van der Waals surface area contributed by atoms with Crippen LogP contribution in [0.4, 0.5) is 0 Å². The van der Waals surface area contributed by atoms with Crippen LogP contribution in [0.3, 0.4) is 0 Å². The lowest BCUT2D eigenvalue weighted by atomic mass is 9.98. The maximum absolute atomic E-state index is 12.3. The van der Waals surface area contributed by atoms with E-state index < -0.39 is 11.6 Å². The van der Waals surface area contributed by atoms with Crippen molar-refractivity contribution in [3.05, 3.63) is 24.3 Å². The predicted octanol–water partition coefficient (Wildman–Crippen LogP) is 1.25. The number of para-hydroxylation sites is 2. The summed E-state index contributed by atoms with van der Waals surface area (Å²) in [5.74, 6) is 1.04. The van der Waals surface area contributed by atoms with Crippen LogP contribution in [0.5, 0.6) is 11.5 Å². The Labute approximate surface area is 117 Å². The summed E-state index contributed by atoms with van der Waals surface area (Å²) >= 11 is 0. The number of hydrogen-bond acceptors (Lipinski definition) is 4. The highest BCUT2D eigenvalue weighted by molar-refractivity contribution is 5.82. The smallest absolute Gasteiger partial charge is 0.265 e. The molecule has 5 heteroatoms. The Hall–Kier alpha value is -1.75. The van der Waals surface area contributed by atoms with E-state index in [4.69, 9.17) is 9.47 Å². The van der Waals surface area contributed by atoms with Crippen LogP contribution in [0.15, 0.2) is 24.3 Å². The van der Waals surface area contributed by atoms with E-state index >= 15 is 0 Å². The minimum absolute atomic E-state index is 0.0249. The second-order valence-corrected chi connectivity index (χ2v) is 5.50. The third-order valence-electron chi connectivity index (χ3n) is 4.05. The van der Waals surface area contributed by atoms with E-state index in [0.29, 0.717) is 11.5 Å². The Morgan fingerprint density at radius 3 is 2.70 bits per heavy atom. The molecule has 0 radical (unpaired) electrons. The van der Waals surface area contributed by atoms with Crippen molar-refractivity contribution >= 4 is 5.91 Å². The summed E-state index contributed by atoms with van der Waals surface area (Å²) in [5.41, 5.74) is -0.475. The molecular weight excluding hydrogens is 258 g/mol. The van der Waals surface area contributed by atoms with Crippen LogP contribution in [0.2, 0.25) is 0 Å². The minimum Gasteiger partial charge on any atom is -0.485 e. The number of amides is 1. The largest absolute Gasteiger partial charge is 0.485 e. The first-order chi connectivity index (χ1) is 9.72. The highest BCUT2D eigenvalue weighted by Crippen LogP contribution is 2.32. The molecule has 1 saturated carbocycles. The predicted molar refractivity (Wildman–Crippen MR) is 72.8 cm³/mol. The van der Waals surface area contributed by atoms with Crippen LogP contribution >= 0.6 is 0 Å². The number of hydrogen-bond donors (Lipinski definition) is 2. The van der Waals surface area contributed by atoms with Gasteiger partial charge in [0.2, 0.25) is 6.10 Å². The number of carbonyl (C=O) groups excluding carboxylic acids is 1. The third kappa shape index (κ3) is 2.45. The zero-order valence-electron chi connectivity index (χ0n) is 11.3. The molecule has 20 heavy (non-hydrogen) atoms. The van der Waals surface area contributed by atoms with Crippen LogP contribution in [-0.4, -0.2) is 35.9 Å². The summed E-state index contributed by atoms with van der Waals surface area (Å²) in [6.45, 7) is 0.174. The van der Waals surface area contributed by atoms with E-state index in [2.05, 4.69) is 5.32 Å². The average Bonchev–Trinajstić information content (AvgIpc) is 2.96. The van der Waals surface area contributed by atoms with Gasteiger partial charge < -0.3 is 19.9 Å². The zero-order valence-corrected chi connectivity index (χ0v) is 11.3. The first-order valence-corrected chi connectivity index (χ1v) is 7.04. The monoisotopic (exact) mass is 277 g/mol. The van der Waals surface area contributed by atoms with Gasteiger partial charge >= 0.3 is 0 Å². The molecule has 1 fully saturated rings. The molecule has 1 aliphatic carbocycles. The van der Waals surface area contributed by atoms with Crippen molar-refractivity contribution in [1.29, 1.82) is 0 Å². The van der Waals surface area contributed by atoms with Crippen molar-refractivity contribution in [2.45, 2.75) is 37.3 Å². The van der Waals surface area contributed by atoms with E-state index in [1.807, 2.05) is 18.2 Å². The molecular formula is C15H19NO4. The molecule has 0 aromatic heterocycles. The highest BCUT2D eigenvalue weighted by atomic mass is 16.6. The van der Waals surface area contributed by atoms with Gasteiger partial charge in [-0.15, -0.1) is 0 Å².